The molecule has 158 valence electrons. The van der Waals surface area contributed by atoms with E-state index < -0.39 is 5.97 Å². The molecule has 0 radical (unpaired) electrons. The minimum absolute atomic E-state index is 0.0499. The van der Waals surface area contributed by atoms with Gasteiger partial charge in [-0.2, -0.15) is 12.6 Å². The second kappa shape index (κ2) is 10.5. The number of carboxylic acid groups (broad SMARTS) is 1. The first-order chi connectivity index (χ1) is 14.5. The number of aromatic nitrogens is 3. The van der Waals surface area contributed by atoms with Gasteiger partial charge in [-0.15, -0.1) is 10.2 Å². The van der Waals surface area contributed by atoms with Crippen molar-refractivity contribution in [2.24, 2.45) is 0 Å². The van der Waals surface area contributed by atoms with Crippen LogP contribution < -0.4 is 4.74 Å². The number of nitrogens with zero attached hydrogens (tertiary/aromatic N) is 3. The quantitative estimate of drug-likeness (QED) is 0.366. The molecule has 2 aromatic carbocycles. The number of benzene rings is 2. The Kier molecular flexibility index (Phi) is 7.81. The summed E-state index contributed by atoms with van der Waals surface area (Å²) in [5.41, 5.74) is 3.38. The number of carbonyl (C=O) groups is 1. The summed E-state index contributed by atoms with van der Waals surface area (Å²) >= 11 is 5.97. The third-order valence-corrected chi connectivity index (χ3v) is 5.97. The van der Waals surface area contributed by atoms with E-state index in [1.165, 1.54) is 17.3 Å². The van der Waals surface area contributed by atoms with Crippen LogP contribution in [-0.2, 0) is 24.2 Å². The van der Waals surface area contributed by atoms with Gasteiger partial charge in [-0.3, -0.25) is 4.79 Å². The lowest BCUT2D eigenvalue weighted by molar-refractivity contribution is -0.133. The molecule has 1 N–H and O–H groups in total. The number of ether oxygens (including phenoxy) is 1. The van der Waals surface area contributed by atoms with Gasteiger partial charge >= 0.3 is 5.97 Å². The van der Waals surface area contributed by atoms with E-state index in [0.717, 1.165) is 29.1 Å². The molecule has 1 unspecified atom stereocenters. The maximum atomic E-state index is 11.0. The molecule has 0 aliphatic heterocycles. The second-order valence-corrected chi connectivity index (χ2v) is 8.69. The fraction of sp³-hybridized carbons (Fsp3) is 0.318. The number of methoxy groups -OCH3 is 1. The zero-order chi connectivity index (χ0) is 21.5. The molecule has 0 bridgehead atoms. The topological polar surface area (TPSA) is 77.2 Å². The van der Waals surface area contributed by atoms with Crippen LogP contribution in [0.25, 0.3) is 0 Å². The third-order valence-electron chi connectivity index (χ3n) is 4.65. The maximum absolute atomic E-state index is 11.0. The number of aryl methyl sites for hydroxylation is 1. The Balaban J connectivity index is 1.76. The van der Waals surface area contributed by atoms with Gasteiger partial charge in [-0.1, -0.05) is 54.2 Å². The highest BCUT2D eigenvalue weighted by atomic mass is 32.2. The van der Waals surface area contributed by atoms with Gasteiger partial charge < -0.3 is 14.4 Å². The second-order valence-electron chi connectivity index (χ2n) is 7.02. The molecule has 0 saturated heterocycles. The molecule has 30 heavy (non-hydrogen) atoms. The lowest BCUT2D eigenvalue weighted by Crippen LogP contribution is -2.14. The average molecular weight is 444 g/mol. The fourth-order valence-corrected chi connectivity index (χ4v) is 4.30. The molecule has 3 aromatic rings. The first-order valence-corrected chi connectivity index (χ1v) is 11.1. The molecule has 0 fully saturated rings. The number of hydrogen-bond acceptors (Lipinski definition) is 6. The predicted molar refractivity (Wildman–Crippen MR) is 122 cm³/mol. The molecule has 0 spiro atoms. The molecule has 3 rings (SSSR count). The standard InChI is InChI=1S/C22H25N3O3S2/c1-15-10-17(8-9-19(15)28-2)11-18(29)12-20-23-24-22(30-14-21(26)27)25(20)13-16-6-4-3-5-7-16/h3-10,18,29H,11-14H2,1-2H3,(H,26,27). The van der Waals surface area contributed by atoms with Crippen LogP contribution in [0.1, 0.15) is 22.5 Å². The molecule has 0 saturated carbocycles. The highest BCUT2D eigenvalue weighted by molar-refractivity contribution is 7.99. The molecule has 0 aliphatic rings. The summed E-state index contributed by atoms with van der Waals surface area (Å²) < 4.78 is 7.32. The third kappa shape index (κ3) is 6.03. The summed E-state index contributed by atoms with van der Waals surface area (Å²) in [6.45, 7) is 2.62. The van der Waals surface area contributed by atoms with Crippen LogP contribution in [0.15, 0.2) is 53.7 Å². The minimum atomic E-state index is -0.877. The van der Waals surface area contributed by atoms with Crippen molar-refractivity contribution in [3.63, 3.8) is 0 Å². The van der Waals surface area contributed by atoms with Crippen molar-refractivity contribution in [2.45, 2.75) is 36.7 Å². The zero-order valence-electron chi connectivity index (χ0n) is 17.0. The Morgan fingerprint density at radius 1 is 1.17 bits per heavy atom. The smallest absolute Gasteiger partial charge is 0.313 e. The Morgan fingerprint density at radius 2 is 1.93 bits per heavy atom. The van der Waals surface area contributed by atoms with Gasteiger partial charge in [0.1, 0.15) is 11.6 Å². The lowest BCUT2D eigenvalue weighted by Gasteiger charge is -2.14. The highest BCUT2D eigenvalue weighted by Gasteiger charge is 2.17. The molecular weight excluding hydrogens is 418 g/mol. The SMILES string of the molecule is COc1ccc(CC(S)Cc2nnc(SCC(=O)O)n2Cc2ccccc2)cc1C. The van der Waals surface area contributed by atoms with E-state index in [-0.39, 0.29) is 11.0 Å². The molecule has 0 aliphatic carbocycles. The number of hydrogen-bond donors (Lipinski definition) is 2. The fourth-order valence-electron chi connectivity index (χ4n) is 3.25. The van der Waals surface area contributed by atoms with Crippen molar-refractivity contribution < 1.29 is 14.6 Å². The molecule has 1 heterocycles. The van der Waals surface area contributed by atoms with Gasteiger partial charge in [-0.25, -0.2) is 0 Å². The van der Waals surface area contributed by atoms with Crippen LogP contribution in [0.2, 0.25) is 0 Å². The van der Waals surface area contributed by atoms with Crippen molar-refractivity contribution in [1.29, 1.82) is 0 Å². The summed E-state index contributed by atoms with van der Waals surface area (Å²) in [5, 5.41) is 18.3. The molecule has 6 nitrogen and oxygen atoms in total. The van der Waals surface area contributed by atoms with Crippen molar-refractivity contribution in [2.75, 3.05) is 12.9 Å². The van der Waals surface area contributed by atoms with Gasteiger partial charge in [0.05, 0.1) is 19.4 Å². The van der Waals surface area contributed by atoms with Crippen LogP contribution in [0.3, 0.4) is 0 Å². The number of thiol groups is 1. The Labute approximate surface area is 186 Å². The summed E-state index contributed by atoms with van der Waals surface area (Å²) in [6, 6.07) is 16.2. The van der Waals surface area contributed by atoms with Crippen LogP contribution in [0, 0.1) is 6.92 Å². The Morgan fingerprint density at radius 3 is 2.60 bits per heavy atom. The van der Waals surface area contributed by atoms with Crippen molar-refractivity contribution in [3.8, 4) is 5.75 Å². The van der Waals surface area contributed by atoms with E-state index >= 15 is 0 Å². The summed E-state index contributed by atoms with van der Waals surface area (Å²) in [6.07, 6.45) is 1.41. The van der Waals surface area contributed by atoms with Crippen LogP contribution >= 0.6 is 24.4 Å². The summed E-state index contributed by atoms with van der Waals surface area (Å²) in [4.78, 5) is 11.0. The largest absolute Gasteiger partial charge is 0.496 e. The minimum Gasteiger partial charge on any atom is -0.496 e. The summed E-state index contributed by atoms with van der Waals surface area (Å²) in [5.74, 6) is 0.745. The van der Waals surface area contributed by atoms with Crippen LogP contribution in [-0.4, -0.2) is 44.0 Å². The van der Waals surface area contributed by atoms with Gasteiger partial charge in [0, 0.05) is 11.7 Å². The zero-order valence-corrected chi connectivity index (χ0v) is 18.7. The van der Waals surface area contributed by atoms with Gasteiger partial charge in [0.25, 0.3) is 0 Å². The number of aliphatic carboxylic acids is 1. The van der Waals surface area contributed by atoms with Gasteiger partial charge in [0.2, 0.25) is 0 Å². The van der Waals surface area contributed by atoms with E-state index in [2.05, 4.69) is 22.3 Å². The van der Waals surface area contributed by atoms with Gasteiger partial charge in [-0.05, 0) is 36.1 Å². The van der Waals surface area contributed by atoms with Crippen LogP contribution in [0.4, 0.5) is 0 Å². The van der Waals surface area contributed by atoms with Gasteiger partial charge in [0.15, 0.2) is 5.16 Å². The molecule has 8 heteroatoms. The van der Waals surface area contributed by atoms with Crippen molar-refractivity contribution in [3.05, 3.63) is 71.0 Å². The number of thioether (sulfide) groups is 1. The highest BCUT2D eigenvalue weighted by Crippen LogP contribution is 2.23. The van der Waals surface area contributed by atoms with E-state index in [1.807, 2.05) is 47.9 Å². The first kappa shape index (κ1) is 22.2. The monoisotopic (exact) mass is 443 g/mol. The first-order valence-electron chi connectivity index (χ1n) is 9.58. The summed E-state index contributed by atoms with van der Waals surface area (Å²) in [7, 11) is 1.67. The maximum Gasteiger partial charge on any atom is 0.313 e. The molecular formula is C22H25N3O3S2. The number of rotatable bonds is 10. The average Bonchev–Trinajstić information content (AvgIpc) is 3.08. The van der Waals surface area contributed by atoms with E-state index in [9.17, 15) is 4.79 Å². The van der Waals surface area contributed by atoms with E-state index in [1.54, 1.807) is 7.11 Å². The molecule has 1 atom stereocenters. The molecule has 1 aromatic heterocycles. The Bertz CT molecular complexity index is 993. The van der Waals surface area contributed by atoms with Crippen molar-refractivity contribution in [1.82, 2.24) is 14.8 Å². The number of carboxylic acids is 1. The molecule has 0 amide bonds. The normalized spacial score (nSPS) is 12.0. The van der Waals surface area contributed by atoms with E-state index in [4.69, 9.17) is 22.5 Å². The van der Waals surface area contributed by atoms with E-state index in [0.29, 0.717) is 18.1 Å². The predicted octanol–water partition coefficient (Wildman–Crippen LogP) is 3.90. The van der Waals surface area contributed by atoms with Crippen molar-refractivity contribution >= 4 is 30.4 Å². The Hall–Kier alpha value is -2.45. The lowest BCUT2D eigenvalue weighted by atomic mass is 10.0. The van der Waals surface area contributed by atoms with Crippen LogP contribution in [0.5, 0.6) is 5.75 Å².